The van der Waals surface area contributed by atoms with Crippen LogP contribution in [0.25, 0.3) is 0 Å². The summed E-state index contributed by atoms with van der Waals surface area (Å²) in [6.07, 6.45) is -3.39. The van der Waals surface area contributed by atoms with E-state index in [1.165, 1.54) is 29.9 Å². The summed E-state index contributed by atoms with van der Waals surface area (Å²) in [5.41, 5.74) is 2.16. The SMILES string of the molecule is CCn1nccc1C(=O)N[C@H](C(=O)Nc1ccc(C(C)C(=O)N(C)C(F)C(F)F)cc1F)[C@@H]1CCc2ccccc21. The van der Waals surface area contributed by atoms with E-state index in [9.17, 15) is 27.6 Å². The highest BCUT2D eigenvalue weighted by Crippen LogP contribution is 2.36. The van der Waals surface area contributed by atoms with Gasteiger partial charge in [0.25, 0.3) is 12.3 Å². The number of nitrogens with one attached hydrogen (secondary N) is 2. The fraction of sp³-hybridized carbons (Fsp3) is 0.379. The number of aryl methyl sites for hydroxylation is 2. The maximum atomic E-state index is 15.2. The van der Waals surface area contributed by atoms with Gasteiger partial charge < -0.3 is 15.5 Å². The van der Waals surface area contributed by atoms with Crippen LogP contribution < -0.4 is 10.6 Å². The predicted octanol–water partition coefficient (Wildman–Crippen LogP) is 4.63. The number of amides is 3. The van der Waals surface area contributed by atoms with Crippen LogP contribution in [0.3, 0.4) is 0 Å². The predicted molar refractivity (Wildman–Crippen MR) is 144 cm³/mol. The second kappa shape index (κ2) is 12.5. The molecule has 0 saturated heterocycles. The Balaban J connectivity index is 1.56. The monoisotopic (exact) mass is 573 g/mol. The van der Waals surface area contributed by atoms with E-state index in [-0.39, 0.29) is 27.8 Å². The molecule has 0 spiro atoms. The van der Waals surface area contributed by atoms with Gasteiger partial charge in [0.2, 0.25) is 18.1 Å². The van der Waals surface area contributed by atoms with Gasteiger partial charge in [0.15, 0.2) is 0 Å². The topological polar surface area (TPSA) is 96.3 Å². The molecule has 3 aromatic rings. The molecule has 1 heterocycles. The molecule has 2 aromatic carbocycles. The van der Waals surface area contributed by atoms with Gasteiger partial charge in [-0.1, -0.05) is 30.3 Å². The van der Waals surface area contributed by atoms with Crippen LogP contribution in [0, 0.1) is 5.82 Å². The van der Waals surface area contributed by atoms with E-state index in [0.29, 0.717) is 19.4 Å². The zero-order valence-electron chi connectivity index (χ0n) is 22.8. The molecule has 1 aliphatic carbocycles. The lowest BCUT2D eigenvalue weighted by Crippen LogP contribution is -2.47. The molecule has 0 radical (unpaired) electrons. The van der Waals surface area contributed by atoms with Crippen LogP contribution in [0.5, 0.6) is 0 Å². The number of hydrogen-bond donors (Lipinski definition) is 2. The van der Waals surface area contributed by atoms with Crippen molar-refractivity contribution < 1.29 is 31.9 Å². The third-order valence-electron chi connectivity index (χ3n) is 7.45. The lowest BCUT2D eigenvalue weighted by molar-refractivity contribution is -0.143. The van der Waals surface area contributed by atoms with Gasteiger partial charge in [-0.2, -0.15) is 5.10 Å². The Morgan fingerprint density at radius 2 is 1.85 bits per heavy atom. The number of rotatable bonds is 10. The van der Waals surface area contributed by atoms with E-state index in [2.05, 4.69) is 15.7 Å². The lowest BCUT2D eigenvalue weighted by atomic mass is 9.92. The Morgan fingerprint density at radius 3 is 2.54 bits per heavy atom. The van der Waals surface area contributed by atoms with Gasteiger partial charge in [-0.15, -0.1) is 0 Å². The van der Waals surface area contributed by atoms with Gasteiger partial charge in [-0.25, -0.2) is 17.6 Å². The molecule has 4 atom stereocenters. The van der Waals surface area contributed by atoms with Crippen LogP contribution in [0.15, 0.2) is 54.7 Å². The van der Waals surface area contributed by atoms with E-state index < -0.39 is 48.2 Å². The molecule has 4 rings (SSSR count). The number of anilines is 1. The first kappa shape index (κ1) is 29.8. The third kappa shape index (κ3) is 6.26. The number of carbonyl (C=O) groups excluding carboxylic acids is 3. The van der Waals surface area contributed by atoms with Crippen molar-refractivity contribution in [1.29, 1.82) is 0 Å². The highest BCUT2D eigenvalue weighted by atomic mass is 19.3. The van der Waals surface area contributed by atoms with Gasteiger partial charge >= 0.3 is 0 Å². The molecule has 0 fully saturated rings. The zero-order chi connectivity index (χ0) is 29.8. The minimum Gasteiger partial charge on any atom is -0.338 e. The van der Waals surface area contributed by atoms with Crippen molar-refractivity contribution in [3.63, 3.8) is 0 Å². The molecular weight excluding hydrogens is 542 g/mol. The summed E-state index contributed by atoms with van der Waals surface area (Å²) in [7, 11) is 0.906. The van der Waals surface area contributed by atoms with Gasteiger partial charge in [0, 0.05) is 25.7 Å². The maximum Gasteiger partial charge on any atom is 0.287 e. The fourth-order valence-corrected chi connectivity index (χ4v) is 5.13. The van der Waals surface area contributed by atoms with E-state index in [4.69, 9.17) is 0 Å². The van der Waals surface area contributed by atoms with E-state index in [0.717, 1.165) is 24.2 Å². The van der Waals surface area contributed by atoms with E-state index in [1.54, 1.807) is 6.07 Å². The Bertz CT molecular complexity index is 1430. The summed E-state index contributed by atoms with van der Waals surface area (Å²) >= 11 is 0. The molecule has 0 aliphatic heterocycles. The number of aromatic nitrogens is 2. The molecule has 12 heteroatoms. The standard InChI is InChI=1S/C29H31F4N5O3/c1-4-38-23(13-14-34-38)27(39)36-24(20-11-9-17-7-5-6-8-19(17)20)28(40)35-22-12-10-18(15-21(22)30)16(2)29(41)37(3)26(33)25(31)32/h5-8,10,12-16,20,24-26H,4,9,11H2,1-3H3,(H,35,40)(H,36,39)/t16?,20-,24+,26?/m1/s1. The molecule has 218 valence electrons. The van der Waals surface area contributed by atoms with E-state index in [1.807, 2.05) is 31.2 Å². The van der Waals surface area contributed by atoms with Crippen molar-refractivity contribution in [2.45, 2.75) is 63.8 Å². The minimum atomic E-state index is -3.38. The average molecular weight is 574 g/mol. The zero-order valence-corrected chi connectivity index (χ0v) is 22.8. The van der Waals surface area contributed by atoms with Crippen LogP contribution in [-0.4, -0.2) is 58.2 Å². The smallest absolute Gasteiger partial charge is 0.287 e. The van der Waals surface area contributed by atoms with Crippen molar-refractivity contribution in [3.8, 4) is 0 Å². The molecule has 1 aromatic heterocycles. The lowest BCUT2D eigenvalue weighted by Gasteiger charge is -2.26. The Morgan fingerprint density at radius 1 is 1.12 bits per heavy atom. The Kier molecular flexibility index (Phi) is 9.09. The van der Waals surface area contributed by atoms with Crippen molar-refractivity contribution in [1.82, 2.24) is 20.0 Å². The minimum absolute atomic E-state index is 0.112. The largest absolute Gasteiger partial charge is 0.338 e. The first-order valence-corrected chi connectivity index (χ1v) is 13.2. The molecule has 2 N–H and O–H groups in total. The highest BCUT2D eigenvalue weighted by molar-refractivity contribution is 6.01. The summed E-state index contributed by atoms with van der Waals surface area (Å²) in [5, 5.41) is 9.46. The van der Waals surface area contributed by atoms with Crippen molar-refractivity contribution in [2.24, 2.45) is 0 Å². The molecule has 1 aliphatic rings. The van der Waals surface area contributed by atoms with Crippen molar-refractivity contribution in [3.05, 3.63) is 82.9 Å². The number of likely N-dealkylation sites (N-methyl/N-ethyl adjacent to an activating group) is 1. The number of nitrogens with zero attached hydrogens (tertiary/aromatic N) is 3. The summed E-state index contributed by atoms with van der Waals surface area (Å²) in [6, 6.07) is 11.7. The normalized spacial score (nSPS) is 16.5. The van der Waals surface area contributed by atoms with Gasteiger partial charge in [0.05, 0.1) is 11.6 Å². The molecule has 3 amide bonds. The van der Waals surface area contributed by atoms with Gasteiger partial charge in [-0.05, 0) is 61.6 Å². The Hall–Kier alpha value is -4.22. The second-order valence-electron chi connectivity index (χ2n) is 9.93. The van der Waals surface area contributed by atoms with Crippen LogP contribution in [-0.2, 0) is 22.6 Å². The van der Waals surface area contributed by atoms with Crippen LogP contribution in [0.4, 0.5) is 23.2 Å². The molecule has 2 unspecified atom stereocenters. The highest BCUT2D eigenvalue weighted by Gasteiger charge is 2.36. The van der Waals surface area contributed by atoms with Crippen LogP contribution >= 0.6 is 0 Å². The van der Waals surface area contributed by atoms with Crippen LogP contribution in [0.2, 0.25) is 0 Å². The quantitative estimate of drug-likeness (QED) is 0.273. The number of benzene rings is 2. The third-order valence-corrected chi connectivity index (χ3v) is 7.45. The molecule has 0 saturated carbocycles. The number of halogens is 4. The summed E-state index contributed by atoms with van der Waals surface area (Å²) in [5.74, 6) is -4.48. The summed E-state index contributed by atoms with van der Waals surface area (Å²) in [4.78, 5) is 39.5. The Labute approximate surface area is 234 Å². The van der Waals surface area contributed by atoms with Crippen LogP contribution in [0.1, 0.15) is 59.3 Å². The second-order valence-corrected chi connectivity index (χ2v) is 9.93. The average Bonchev–Trinajstić information content (AvgIpc) is 3.62. The number of fused-ring (bicyclic) bond motifs is 1. The van der Waals surface area contributed by atoms with Gasteiger partial charge in [-0.3, -0.25) is 19.1 Å². The summed E-state index contributed by atoms with van der Waals surface area (Å²) in [6.45, 7) is 3.62. The van der Waals surface area contributed by atoms with Crippen molar-refractivity contribution >= 4 is 23.4 Å². The number of carbonyl (C=O) groups is 3. The first-order valence-electron chi connectivity index (χ1n) is 13.2. The molecule has 0 bridgehead atoms. The number of hydrogen-bond acceptors (Lipinski definition) is 4. The number of alkyl halides is 3. The molecular formula is C29H31F4N5O3. The fourth-order valence-electron chi connectivity index (χ4n) is 5.13. The summed E-state index contributed by atoms with van der Waals surface area (Å²) < 4.78 is 55.7. The van der Waals surface area contributed by atoms with E-state index >= 15 is 4.39 Å². The van der Waals surface area contributed by atoms with Crippen molar-refractivity contribution in [2.75, 3.05) is 12.4 Å². The molecule has 8 nitrogen and oxygen atoms in total. The first-order chi connectivity index (χ1) is 19.5. The maximum absolute atomic E-state index is 15.2. The molecule has 41 heavy (non-hydrogen) atoms. The van der Waals surface area contributed by atoms with Gasteiger partial charge in [0.1, 0.15) is 17.6 Å².